The number of aromatic nitrogens is 1. The molecule has 1 aromatic carbocycles. The zero-order chi connectivity index (χ0) is 11.5. The third-order valence-electron chi connectivity index (χ3n) is 2.35. The third kappa shape index (κ3) is 2.12. The Labute approximate surface area is 93.1 Å². The summed E-state index contributed by atoms with van der Waals surface area (Å²) in [7, 11) is 0. The number of oxazole rings is 1. The predicted octanol–water partition coefficient (Wildman–Crippen LogP) is 2.29. The molecule has 16 heavy (non-hydrogen) atoms. The summed E-state index contributed by atoms with van der Waals surface area (Å²) in [5.74, 6) is 1.04. The number of benzene rings is 1. The lowest BCUT2D eigenvalue weighted by Crippen LogP contribution is -2.02. The monoisotopic (exact) mass is 220 g/mol. The van der Waals surface area contributed by atoms with Gasteiger partial charge in [0.15, 0.2) is 11.7 Å². The van der Waals surface area contributed by atoms with Crippen LogP contribution in [0.2, 0.25) is 0 Å². The van der Waals surface area contributed by atoms with Gasteiger partial charge in [-0.2, -0.15) is 0 Å². The molecule has 0 spiro atoms. The van der Waals surface area contributed by atoms with Crippen LogP contribution in [0.1, 0.15) is 11.5 Å². The zero-order valence-electron chi connectivity index (χ0n) is 9.03. The number of halogens is 1. The highest BCUT2D eigenvalue weighted by molar-refractivity contribution is 5.57. The van der Waals surface area contributed by atoms with Crippen molar-refractivity contribution in [1.82, 2.24) is 4.98 Å². The van der Waals surface area contributed by atoms with E-state index in [1.165, 1.54) is 6.07 Å². The van der Waals surface area contributed by atoms with Crippen molar-refractivity contribution in [2.24, 2.45) is 5.73 Å². The van der Waals surface area contributed by atoms with Crippen LogP contribution in [0.25, 0.3) is 11.3 Å². The van der Waals surface area contributed by atoms with Gasteiger partial charge in [0.05, 0.1) is 6.20 Å². The summed E-state index contributed by atoms with van der Waals surface area (Å²) in [4.78, 5) is 4.09. The van der Waals surface area contributed by atoms with Gasteiger partial charge in [0.2, 0.25) is 0 Å². The first-order valence-corrected chi connectivity index (χ1v) is 5.12. The molecule has 0 saturated carbocycles. The van der Waals surface area contributed by atoms with Gasteiger partial charge in [-0.1, -0.05) is 0 Å². The molecule has 0 atom stereocenters. The minimum atomic E-state index is -0.217. The summed E-state index contributed by atoms with van der Waals surface area (Å²) in [5, 5.41) is 0. The minimum absolute atomic E-state index is 0.217. The summed E-state index contributed by atoms with van der Waals surface area (Å²) in [6.07, 6.45) is 2.25. The second kappa shape index (κ2) is 4.45. The molecule has 0 fully saturated rings. The first-order chi connectivity index (χ1) is 7.70. The maximum absolute atomic E-state index is 13.1. The van der Waals surface area contributed by atoms with Crippen LogP contribution in [0.15, 0.2) is 28.8 Å². The fourth-order valence-electron chi connectivity index (χ4n) is 1.48. The van der Waals surface area contributed by atoms with Crippen LogP contribution in [0.5, 0.6) is 0 Å². The predicted molar refractivity (Wildman–Crippen MR) is 59.4 cm³/mol. The fraction of sp³-hybridized carbons (Fsp3) is 0.250. The Balaban J connectivity index is 2.31. The van der Waals surface area contributed by atoms with Crippen molar-refractivity contribution in [1.29, 1.82) is 0 Å². The molecule has 1 aromatic heterocycles. The van der Waals surface area contributed by atoms with Crippen molar-refractivity contribution in [2.45, 2.75) is 13.3 Å². The second-order valence-corrected chi connectivity index (χ2v) is 3.62. The van der Waals surface area contributed by atoms with Crippen LogP contribution in [0, 0.1) is 12.7 Å². The molecule has 4 heteroatoms. The van der Waals surface area contributed by atoms with E-state index >= 15 is 0 Å². The van der Waals surface area contributed by atoms with E-state index in [1.807, 2.05) is 0 Å². The van der Waals surface area contributed by atoms with E-state index in [-0.39, 0.29) is 5.82 Å². The number of rotatable bonds is 3. The molecule has 0 unspecified atom stereocenters. The molecule has 2 aromatic rings. The molecule has 1 heterocycles. The van der Waals surface area contributed by atoms with Gasteiger partial charge in [-0.3, -0.25) is 0 Å². The Morgan fingerprint density at radius 1 is 1.44 bits per heavy atom. The normalized spacial score (nSPS) is 10.7. The van der Waals surface area contributed by atoms with E-state index in [4.69, 9.17) is 10.2 Å². The van der Waals surface area contributed by atoms with Gasteiger partial charge in [0.1, 0.15) is 5.82 Å². The molecule has 0 saturated heterocycles. The molecule has 0 aliphatic heterocycles. The highest BCUT2D eigenvalue weighted by Crippen LogP contribution is 2.22. The van der Waals surface area contributed by atoms with Crippen LogP contribution in [0.3, 0.4) is 0 Å². The molecule has 84 valence electrons. The first kappa shape index (κ1) is 10.8. The summed E-state index contributed by atoms with van der Waals surface area (Å²) in [6.45, 7) is 2.22. The van der Waals surface area contributed by atoms with E-state index in [0.717, 1.165) is 5.56 Å². The van der Waals surface area contributed by atoms with Gasteiger partial charge < -0.3 is 10.2 Å². The standard InChI is InChI=1S/C12H13FN2O/c1-8-6-9(2-3-10(8)13)11-7-15-12(16-11)4-5-14/h2-3,6-7H,4-5,14H2,1H3. The van der Waals surface area contributed by atoms with Crippen molar-refractivity contribution >= 4 is 0 Å². The molecule has 0 amide bonds. The lowest BCUT2D eigenvalue weighted by molar-refractivity contribution is 0.508. The highest BCUT2D eigenvalue weighted by atomic mass is 19.1. The topological polar surface area (TPSA) is 52.0 Å². The molecule has 2 N–H and O–H groups in total. The Kier molecular flexibility index (Phi) is 3.01. The van der Waals surface area contributed by atoms with Gasteiger partial charge in [0, 0.05) is 18.5 Å². The molecule has 2 rings (SSSR count). The maximum Gasteiger partial charge on any atom is 0.196 e. The van der Waals surface area contributed by atoms with Crippen molar-refractivity contribution < 1.29 is 8.81 Å². The average Bonchev–Trinajstić information content (AvgIpc) is 2.71. The van der Waals surface area contributed by atoms with Crippen LogP contribution in [-0.4, -0.2) is 11.5 Å². The number of nitrogens with two attached hydrogens (primary N) is 1. The largest absolute Gasteiger partial charge is 0.441 e. The quantitative estimate of drug-likeness (QED) is 0.863. The van der Waals surface area contributed by atoms with E-state index in [1.54, 1.807) is 25.3 Å². The van der Waals surface area contributed by atoms with E-state index in [2.05, 4.69) is 4.98 Å². The van der Waals surface area contributed by atoms with Gasteiger partial charge >= 0.3 is 0 Å². The van der Waals surface area contributed by atoms with E-state index in [9.17, 15) is 4.39 Å². The SMILES string of the molecule is Cc1cc(-c2cnc(CCN)o2)ccc1F. The lowest BCUT2D eigenvalue weighted by atomic mass is 10.1. The summed E-state index contributed by atoms with van der Waals surface area (Å²) in [6, 6.07) is 4.84. The Hall–Kier alpha value is -1.68. The van der Waals surface area contributed by atoms with Crippen molar-refractivity contribution in [2.75, 3.05) is 6.54 Å². The lowest BCUT2D eigenvalue weighted by Gasteiger charge is -1.99. The number of nitrogens with zero attached hydrogens (tertiary/aromatic N) is 1. The molecule has 0 aliphatic rings. The second-order valence-electron chi connectivity index (χ2n) is 3.62. The third-order valence-corrected chi connectivity index (χ3v) is 2.35. The molecule has 3 nitrogen and oxygen atoms in total. The van der Waals surface area contributed by atoms with Gasteiger partial charge in [0.25, 0.3) is 0 Å². The van der Waals surface area contributed by atoms with Gasteiger partial charge in [-0.25, -0.2) is 9.37 Å². The Bertz CT molecular complexity index is 494. The van der Waals surface area contributed by atoms with E-state index < -0.39 is 0 Å². The average molecular weight is 220 g/mol. The molecule has 0 bridgehead atoms. The zero-order valence-corrected chi connectivity index (χ0v) is 9.03. The molecular formula is C12H13FN2O. The highest BCUT2D eigenvalue weighted by Gasteiger charge is 2.07. The van der Waals surface area contributed by atoms with Crippen molar-refractivity contribution in [3.8, 4) is 11.3 Å². The minimum Gasteiger partial charge on any atom is -0.441 e. The van der Waals surface area contributed by atoms with Crippen LogP contribution in [-0.2, 0) is 6.42 Å². The summed E-state index contributed by atoms with van der Waals surface area (Å²) >= 11 is 0. The number of hydrogen-bond donors (Lipinski definition) is 1. The molecule has 0 aliphatic carbocycles. The van der Waals surface area contributed by atoms with Crippen LogP contribution in [0.4, 0.5) is 4.39 Å². The molecule has 0 radical (unpaired) electrons. The first-order valence-electron chi connectivity index (χ1n) is 5.12. The molecular weight excluding hydrogens is 207 g/mol. The maximum atomic E-state index is 13.1. The van der Waals surface area contributed by atoms with Crippen LogP contribution < -0.4 is 5.73 Å². The number of aryl methyl sites for hydroxylation is 1. The van der Waals surface area contributed by atoms with E-state index in [0.29, 0.717) is 30.2 Å². The number of hydrogen-bond acceptors (Lipinski definition) is 3. The summed E-state index contributed by atoms with van der Waals surface area (Å²) in [5.41, 5.74) is 6.82. The van der Waals surface area contributed by atoms with Crippen LogP contribution >= 0.6 is 0 Å². The van der Waals surface area contributed by atoms with Gasteiger partial charge in [-0.15, -0.1) is 0 Å². The Morgan fingerprint density at radius 3 is 2.94 bits per heavy atom. The summed E-state index contributed by atoms with van der Waals surface area (Å²) < 4.78 is 18.6. The fourth-order valence-corrected chi connectivity index (χ4v) is 1.48. The smallest absolute Gasteiger partial charge is 0.196 e. The van der Waals surface area contributed by atoms with Crippen molar-refractivity contribution in [3.63, 3.8) is 0 Å². The van der Waals surface area contributed by atoms with Gasteiger partial charge in [-0.05, 0) is 30.7 Å². The Morgan fingerprint density at radius 2 is 2.25 bits per heavy atom. The van der Waals surface area contributed by atoms with Crippen molar-refractivity contribution in [3.05, 3.63) is 41.7 Å².